The van der Waals surface area contributed by atoms with Gasteiger partial charge in [-0.25, -0.2) is 4.98 Å². The SMILES string of the molecule is CC(C)c1ccc(C(C)OC(=O)Cn2c(N)nc3ccccc32)c(Br)c1. The van der Waals surface area contributed by atoms with Gasteiger partial charge in [-0.3, -0.25) is 9.36 Å². The van der Waals surface area contributed by atoms with E-state index in [-0.39, 0.29) is 18.6 Å². The van der Waals surface area contributed by atoms with Crippen molar-refractivity contribution >= 4 is 38.9 Å². The first kappa shape index (κ1) is 18.5. The molecule has 6 heteroatoms. The molecule has 0 radical (unpaired) electrons. The summed E-state index contributed by atoms with van der Waals surface area (Å²) in [5, 5.41) is 0. The number of carbonyl (C=O) groups excluding carboxylic acids is 1. The number of hydrogen-bond donors (Lipinski definition) is 1. The number of halogens is 1. The van der Waals surface area contributed by atoms with Crippen LogP contribution in [0.15, 0.2) is 46.9 Å². The number of ether oxygens (including phenoxy) is 1. The number of aromatic nitrogens is 2. The van der Waals surface area contributed by atoms with E-state index in [1.54, 1.807) is 4.57 Å². The molecule has 0 spiro atoms. The third kappa shape index (κ3) is 3.75. The van der Waals surface area contributed by atoms with Crippen LogP contribution in [-0.4, -0.2) is 15.5 Å². The van der Waals surface area contributed by atoms with Crippen molar-refractivity contribution in [3.05, 3.63) is 58.1 Å². The fourth-order valence-electron chi connectivity index (χ4n) is 2.92. The number of para-hydroxylation sites is 2. The van der Waals surface area contributed by atoms with Gasteiger partial charge in [0.25, 0.3) is 0 Å². The van der Waals surface area contributed by atoms with Crippen LogP contribution < -0.4 is 5.73 Å². The molecule has 0 bridgehead atoms. The Morgan fingerprint density at radius 1 is 1.23 bits per heavy atom. The van der Waals surface area contributed by atoms with Crippen LogP contribution in [0.1, 0.15) is 43.9 Å². The molecule has 0 aliphatic rings. The van der Waals surface area contributed by atoms with Crippen molar-refractivity contribution in [2.75, 3.05) is 5.73 Å². The molecule has 3 rings (SSSR count). The number of rotatable bonds is 5. The number of esters is 1. The minimum Gasteiger partial charge on any atom is -0.456 e. The first-order chi connectivity index (χ1) is 12.4. The summed E-state index contributed by atoms with van der Waals surface area (Å²) in [5.74, 6) is 0.390. The number of hydrogen-bond acceptors (Lipinski definition) is 4. The van der Waals surface area contributed by atoms with Crippen LogP contribution in [0.5, 0.6) is 0 Å². The maximum Gasteiger partial charge on any atom is 0.326 e. The van der Waals surface area contributed by atoms with E-state index in [0.717, 1.165) is 21.1 Å². The van der Waals surface area contributed by atoms with E-state index >= 15 is 0 Å². The summed E-state index contributed by atoms with van der Waals surface area (Å²) >= 11 is 3.58. The molecule has 0 aliphatic carbocycles. The van der Waals surface area contributed by atoms with Crippen LogP contribution in [0.25, 0.3) is 11.0 Å². The van der Waals surface area contributed by atoms with Gasteiger partial charge in [0.1, 0.15) is 12.6 Å². The molecule has 0 amide bonds. The molecular formula is C20H22BrN3O2. The number of nitrogen functional groups attached to an aromatic ring is 1. The third-order valence-corrected chi connectivity index (χ3v) is 5.10. The van der Waals surface area contributed by atoms with Gasteiger partial charge in [-0.1, -0.05) is 54.0 Å². The molecule has 0 aliphatic heterocycles. The summed E-state index contributed by atoms with van der Waals surface area (Å²) < 4.78 is 8.23. The van der Waals surface area contributed by atoms with E-state index < -0.39 is 0 Å². The molecule has 136 valence electrons. The summed E-state index contributed by atoms with van der Waals surface area (Å²) in [6.45, 7) is 6.18. The van der Waals surface area contributed by atoms with Crippen molar-refractivity contribution < 1.29 is 9.53 Å². The highest BCUT2D eigenvalue weighted by atomic mass is 79.9. The molecule has 5 nitrogen and oxygen atoms in total. The number of anilines is 1. The number of carbonyl (C=O) groups is 1. The first-order valence-electron chi connectivity index (χ1n) is 8.56. The van der Waals surface area contributed by atoms with Crippen LogP contribution in [0.4, 0.5) is 5.95 Å². The fourth-order valence-corrected chi connectivity index (χ4v) is 3.64. The van der Waals surface area contributed by atoms with Crippen molar-refractivity contribution in [3.63, 3.8) is 0 Å². The standard InChI is InChI=1S/C20H22BrN3O2/c1-12(2)14-8-9-15(16(21)10-14)13(3)26-19(25)11-24-18-7-5-4-6-17(18)23-20(24)22/h4-10,12-13H,11H2,1-3H3,(H2,22,23). The zero-order valence-electron chi connectivity index (χ0n) is 15.1. The van der Waals surface area contributed by atoms with Gasteiger partial charge < -0.3 is 10.5 Å². The first-order valence-corrected chi connectivity index (χ1v) is 9.35. The van der Waals surface area contributed by atoms with Gasteiger partial charge in [0.2, 0.25) is 5.95 Å². The lowest BCUT2D eigenvalue weighted by atomic mass is 10.0. The summed E-state index contributed by atoms with van der Waals surface area (Å²) in [5.41, 5.74) is 9.70. The van der Waals surface area contributed by atoms with E-state index in [1.807, 2.05) is 37.3 Å². The van der Waals surface area contributed by atoms with Crippen LogP contribution in [0.3, 0.4) is 0 Å². The van der Waals surface area contributed by atoms with Gasteiger partial charge in [0, 0.05) is 10.0 Å². The molecule has 26 heavy (non-hydrogen) atoms. The molecule has 1 atom stereocenters. The molecule has 2 N–H and O–H groups in total. The summed E-state index contributed by atoms with van der Waals surface area (Å²) in [7, 11) is 0. The van der Waals surface area contributed by atoms with Crippen LogP contribution >= 0.6 is 15.9 Å². The van der Waals surface area contributed by atoms with Gasteiger partial charge in [-0.15, -0.1) is 0 Å². The lowest BCUT2D eigenvalue weighted by molar-refractivity contribution is -0.149. The van der Waals surface area contributed by atoms with Gasteiger partial charge in [-0.05, 0) is 36.6 Å². The Morgan fingerprint density at radius 3 is 2.65 bits per heavy atom. The molecule has 0 saturated carbocycles. The lowest BCUT2D eigenvalue weighted by Gasteiger charge is -2.17. The maximum absolute atomic E-state index is 12.4. The average Bonchev–Trinajstić information content (AvgIpc) is 2.90. The van der Waals surface area contributed by atoms with Crippen molar-refractivity contribution in [3.8, 4) is 0 Å². The molecule has 1 aromatic heterocycles. The van der Waals surface area contributed by atoms with Gasteiger partial charge in [0.15, 0.2) is 0 Å². The average molecular weight is 416 g/mol. The van der Waals surface area contributed by atoms with E-state index in [4.69, 9.17) is 10.5 Å². The largest absolute Gasteiger partial charge is 0.456 e. The number of benzene rings is 2. The smallest absolute Gasteiger partial charge is 0.326 e. The quantitative estimate of drug-likeness (QED) is 0.606. The van der Waals surface area contributed by atoms with Crippen LogP contribution in [-0.2, 0) is 16.1 Å². The lowest BCUT2D eigenvalue weighted by Crippen LogP contribution is -2.17. The maximum atomic E-state index is 12.4. The van der Waals surface area contributed by atoms with E-state index in [9.17, 15) is 4.79 Å². The Hall–Kier alpha value is -2.34. The monoisotopic (exact) mass is 415 g/mol. The second-order valence-corrected chi connectivity index (χ2v) is 7.47. The molecular weight excluding hydrogens is 394 g/mol. The van der Waals surface area contributed by atoms with E-state index in [2.05, 4.69) is 46.9 Å². The van der Waals surface area contributed by atoms with Gasteiger partial charge >= 0.3 is 5.97 Å². The van der Waals surface area contributed by atoms with E-state index in [0.29, 0.717) is 11.9 Å². The highest BCUT2D eigenvalue weighted by Crippen LogP contribution is 2.29. The van der Waals surface area contributed by atoms with Crippen LogP contribution in [0, 0.1) is 0 Å². The Bertz CT molecular complexity index is 949. The van der Waals surface area contributed by atoms with Gasteiger partial charge in [0.05, 0.1) is 11.0 Å². The number of imidazole rings is 1. The minimum absolute atomic E-state index is 0.0262. The predicted molar refractivity (Wildman–Crippen MR) is 107 cm³/mol. The summed E-state index contributed by atoms with van der Waals surface area (Å²) in [4.78, 5) is 16.7. The summed E-state index contributed by atoms with van der Waals surface area (Å²) in [6.07, 6.45) is -0.367. The van der Waals surface area contributed by atoms with Crippen LogP contribution in [0.2, 0.25) is 0 Å². The zero-order chi connectivity index (χ0) is 18.8. The molecule has 1 heterocycles. The highest BCUT2D eigenvalue weighted by Gasteiger charge is 2.18. The minimum atomic E-state index is -0.367. The van der Waals surface area contributed by atoms with Crippen molar-refractivity contribution in [1.82, 2.24) is 9.55 Å². The molecule has 0 fully saturated rings. The third-order valence-electron chi connectivity index (χ3n) is 4.41. The Morgan fingerprint density at radius 2 is 1.96 bits per heavy atom. The van der Waals surface area contributed by atoms with Gasteiger partial charge in [-0.2, -0.15) is 0 Å². The highest BCUT2D eigenvalue weighted by molar-refractivity contribution is 9.10. The van der Waals surface area contributed by atoms with E-state index in [1.165, 1.54) is 5.56 Å². The topological polar surface area (TPSA) is 70.1 Å². The van der Waals surface area contributed by atoms with Crippen molar-refractivity contribution in [2.45, 2.75) is 39.3 Å². The normalized spacial score (nSPS) is 12.5. The fraction of sp³-hybridized carbons (Fsp3) is 0.300. The Balaban J connectivity index is 1.74. The Labute approximate surface area is 161 Å². The summed E-state index contributed by atoms with van der Waals surface area (Å²) in [6, 6.07) is 13.7. The second kappa shape index (κ2) is 7.50. The van der Waals surface area contributed by atoms with Crippen molar-refractivity contribution in [2.24, 2.45) is 0 Å². The zero-order valence-corrected chi connectivity index (χ0v) is 16.7. The number of nitrogens with zero attached hydrogens (tertiary/aromatic N) is 2. The molecule has 2 aromatic carbocycles. The molecule has 0 saturated heterocycles. The molecule has 1 unspecified atom stereocenters. The second-order valence-electron chi connectivity index (χ2n) is 6.61. The number of fused-ring (bicyclic) bond motifs is 1. The number of nitrogens with two attached hydrogens (primary N) is 1. The van der Waals surface area contributed by atoms with Crippen molar-refractivity contribution in [1.29, 1.82) is 0 Å². The predicted octanol–water partition coefficient (Wildman–Crippen LogP) is 4.81. The molecule has 3 aromatic rings. The Kier molecular flexibility index (Phi) is 5.32.